The molecule has 0 fully saturated rings. The van der Waals surface area contributed by atoms with E-state index in [2.05, 4.69) is 30.0 Å². The molecule has 2 aromatic heterocycles. The Morgan fingerprint density at radius 3 is 2.22 bits per heavy atom. The number of fused-ring (bicyclic) bond motifs is 1. The zero-order chi connectivity index (χ0) is 38.9. The number of anilines is 1. The quantitative estimate of drug-likeness (QED) is 0.0643. The molecule has 2 heterocycles. The predicted octanol–water partition coefficient (Wildman–Crippen LogP) is 2.50. The van der Waals surface area contributed by atoms with E-state index in [0.717, 1.165) is 12.7 Å². The van der Waals surface area contributed by atoms with E-state index in [9.17, 15) is 31.2 Å². The van der Waals surface area contributed by atoms with Crippen LogP contribution in [-0.2, 0) is 47.9 Å². The number of nitrogens with one attached hydrogen (secondary N) is 5. The Morgan fingerprint density at radius 2 is 1.61 bits per heavy atom. The van der Waals surface area contributed by atoms with E-state index < -0.39 is 49.9 Å². The zero-order valence-corrected chi connectivity index (χ0v) is 31.4. The molecule has 5 rings (SSSR count). The van der Waals surface area contributed by atoms with Crippen molar-refractivity contribution in [2.24, 2.45) is 7.05 Å². The largest absolute Gasteiger partial charge is 0.468 e. The summed E-state index contributed by atoms with van der Waals surface area (Å²) in [7, 11) is -5.27. The van der Waals surface area contributed by atoms with Crippen molar-refractivity contribution in [2.45, 2.75) is 35.7 Å². The SMILES string of the molecule is CCOCCCNS(=O)(=O)c1ccc(-c2ccc(S(=O)(=O)NC(CNC(=O)c3cn(C)c4cc(CNc5ncc[nH]5)ccc4c3=O)C(=O)OC)cc2)cc1. The minimum Gasteiger partial charge on any atom is -0.468 e. The van der Waals surface area contributed by atoms with Crippen LogP contribution in [0.15, 0.2) is 99.9 Å². The van der Waals surface area contributed by atoms with Crippen LogP contribution in [0.2, 0.25) is 0 Å². The third kappa shape index (κ3) is 9.77. The van der Waals surface area contributed by atoms with Crippen molar-refractivity contribution in [3.05, 3.63) is 107 Å². The number of imidazole rings is 1. The number of nitrogens with zero attached hydrogens (tertiary/aromatic N) is 2. The molecule has 0 bridgehead atoms. The van der Waals surface area contributed by atoms with Crippen molar-refractivity contribution >= 4 is 48.8 Å². The summed E-state index contributed by atoms with van der Waals surface area (Å²) in [4.78, 5) is 46.2. The first-order valence-corrected chi connectivity index (χ1v) is 19.8. The van der Waals surface area contributed by atoms with E-state index in [1.54, 1.807) is 48.3 Å². The van der Waals surface area contributed by atoms with E-state index in [1.807, 2.05) is 13.0 Å². The first-order valence-electron chi connectivity index (χ1n) is 16.8. The topological polar surface area (TPSA) is 220 Å². The van der Waals surface area contributed by atoms with Crippen molar-refractivity contribution in [1.82, 2.24) is 29.3 Å². The van der Waals surface area contributed by atoms with Crippen LogP contribution >= 0.6 is 0 Å². The highest BCUT2D eigenvalue weighted by atomic mass is 32.2. The molecule has 0 radical (unpaired) electrons. The molecule has 0 saturated carbocycles. The number of H-pyrrole nitrogens is 1. The highest BCUT2D eigenvalue weighted by Crippen LogP contribution is 2.23. The van der Waals surface area contributed by atoms with Gasteiger partial charge in [-0.05, 0) is 66.4 Å². The zero-order valence-electron chi connectivity index (χ0n) is 29.8. The van der Waals surface area contributed by atoms with Gasteiger partial charge in [0.1, 0.15) is 11.6 Å². The summed E-state index contributed by atoms with van der Waals surface area (Å²) in [6.45, 7) is 3.01. The fourth-order valence-electron chi connectivity index (χ4n) is 5.47. The van der Waals surface area contributed by atoms with E-state index in [1.165, 1.54) is 42.6 Å². The number of pyridine rings is 1. The summed E-state index contributed by atoms with van der Waals surface area (Å²) in [5.74, 6) is -1.18. The monoisotopic (exact) mass is 779 g/mol. The van der Waals surface area contributed by atoms with E-state index in [4.69, 9.17) is 9.47 Å². The number of rotatable bonds is 18. The molecule has 0 aliphatic carbocycles. The number of amides is 1. The maximum absolute atomic E-state index is 13.3. The number of aromatic nitrogens is 3. The average Bonchev–Trinajstić information content (AvgIpc) is 3.70. The number of aromatic amines is 1. The third-order valence-electron chi connectivity index (χ3n) is 8.33. The normalized spacial score (nSPS) is 12.4. The average molecular weight is 780 g/mol. The second kappa shape index (κ2) is 17.6. The van der Waals surface area contributed by atoms with Gasteiger partial charge in [-0.2, -0.15) is 4.72 Å². The van der Waals surface area contributed by atoms with Crippen LogP contribution in [-0.4, -0.2) is 82.7 Å². The minimum atomic E-state index is -4.31. The van der Waals surface area contributed by atoms with Crippen molar-refractivity contribution < 1.29 is 35.9 Å². The smallest absolute Gasteiger partial charge is 0.325 e. The second-order valence-electron chi connectivity index (χ2n) is 12.0. The van der Waals surface area contributed by atoms with Gasteiger partial charge in [0.2, 0.25) is 25.5 Å². The molecule has 16 nitrogen and oxygen atoms in total. The summed E-state index contributed by atoms with van der Waals surface area (Å²) in [5.41, 5.74) is 1.96. The molecule has 3 aromatic carbocycles. The maximum Gasteiger partial charge on any atom is 0.325 e. The van der Waals surface area contributed by atoms with Gasteiger partial charge in [-0.1, -0.05) is 30.3 Å². The second-order valence-corrected chi connectivity index (χ2v) is 15.5. The van der Waals surface area contributed by atoms with Crippen LogP contribution in [0, 0.1) is 0 Å². The standard InChI is InChI=1S/C36H41N7O9S2/c1-4-52-19-5-16-41-53(47,48)27-11-7-25(8-12-27)26-9-13-28(14-10-26)54(49,50)42-31(35(46)51-3)22-39-34(45)30-23-43(2)32-20-24(6-15-29(32)33(30)44)21-40-36-37-17-18-38-36/h6-15,17-18,20,23,31,41-42H,4-5,16,19,21-22H2,1-3H3,(H,39,45)(H2,37,38,40). The van der Waals surface area contributed by atoms with Gasteiger partial charge in [-0.25, -0.2) is 26.5 Å². The lowest BCUT2D eigenvalue weighted by atomic mass is 10.1. The molecule has 0 aliphatic heterocycles. The number of methoxy groups -OCH3 is 1. The van der Waals surface area contributed by atoms with Crippen LogP contribution in [0.5, 0.6) is 0 Å². The Morgan fingerprint density at radius 1 is 0.944 bits per heavy atom. The van der Waals surface area contributed by atoms with Crippen LogP contribution in [0.3, 0.4) is 0 Å². The summed E-state index contributed by atoms with van der Waals surface area (Å²) in [6.07, 6.45) is 5.21. The Balaban J connectivity index is 1.23. The van der Waals surface area contributed by atoms with Crippen LogP contribution in [0.4, 0.5) is 5.95 Å². The van der Waals surface area contributed by atoms with Crippen molar-refractivity contribution in [1.29, 1.82) is 0 Å². The van der Waals surface area contributed by atoms with Gasteiger partial charge in [-0.3, -0.25) is 14.4 Å². The molecule has 5 aromatic rings. The van der Waals surface area contributed by atoms with Crippen molar-refractivity contribution in [3.8, 4) is 11.1 Å². The number of esters is 1. The number of hydrogen-bond donors (Lipinski definition) is 5. The van der Waals surface area contributed by atoms with Gasteiger partial charge in [0.05, 0.1) is 22.4 Å². The highest BCUT2D eigenvalue weighted by molar-refractivity contribution is 7.89. The molecule has 54 heavy (non-hydrogen) atoms. The Kier molecular flexibility index (Phi) is 13.0. The Hall–Kier alpha value is -5.40. The van der Waals surface area contributed by atoms with Crippen LogP contribution in [0.25, 0.3) is 22.0 Å². The van der Waals surface area contributed by atoms with Crippen molar-refractivity contribution in [3.63, 3.8) is 0 Å². The lowest BCUT2D eigenvalue weighted by Crippen LogP contribution is -2.49. The molecule has 286 valence electrons. The lowest BCUT2D eigenvalue weighted by molar-refractivity contribution is -0.142. The third-order valence-corrected chi connectivity index (χ3v) is 11.3. The van der Waals surface area contributed by atoms with Gasteiger partial charge in [0.15, 0.2) is 5.95 Å². The fourth-order valence-corrected chi connectivity index (χ4v) is 7.73. The Labute approximate surface area is 312 Å². The predicted molar refractivity (Wildman–Crippen MR) is 202 cm³/mol. The maximum atomic E-state index is 13.3. The van der Waals surface area contributed by atoms with Gasteiger partial charge >= 0.3 is 5.97 Å². The fraction of sp³-hybridized carbons (Fsp3) is 0.278. The molecule has 18 heteroatoms. The highest BCUT2D eigenvalue weighted by Gasteiger charge is 2.28. The van der Waals surface area contributed by atoms with Crippen LogP contribution in [0.1, 0.15) is 29.3 Å². The van der Waals surface area contributed by atoms with E-state index >= 15 is 0 Å². The number of aryl methyl sites for hydroxylation is 1. The molecular formula is C36H41N7O9S2. The first-order chi connectivity index (χ1) is 25.8. The lowest BCUT2D eigenvalue weighted by Gasteiger charge is -2.18. The van der Waals surface area contributed by atoms with Gasteiger partial charge in [0.25, 0.3) is 5.91 Å². The van der Waals surface area contributed by atoms with Crippen molar-refractivity contribution in [2.75, 3.05) is 38.7 Å². The van der Waals surface area contributed by atoms with E-state index in [-0.39, 0.29) is 21.9 Å². The molecule has 1 atom stereocenters. The minimum absolute atomic E-state index is 0.0808. The van der Waals surface area contributed by atoms with Gasteiger partial charge in [0, 0.05) is 63.9 Å². The Bertz CT molecular complexity index is 2360. The number of benzene rings is 3. The number of sulfonamides is 2. The number of carbonyl (C=O) groups is 2. The summed E-state index contributed by atoms with van der Waals surface area (Å²) in [6, 6.07) is 15.5. The molecule has 0 saturated heterocycles. The molecular weight excluding hydrogens is 739 g/mol. The molecule has 0 spiro atoms. The molecule has 1 amide bonds. The summed E-state index contributed by atoms with van der Waals surface area (Å²) >= 11 is 0. The molecule has 0 aliphatic rings. The molecule has 5 N–H and O–H groups in total. The summed E-state index contributed by atoms with van der Waals surface area (Å²) in [5, 5.41) is 5.91. The van der Waals surface area contributed by atoms with Crippen LogP contribution < -0.4 is 25.5 Å². The van der Waals surface area contributed by atoms with E-state index in [0.29, 0.717) is 54.2 Å². The van der Waals surface area contributed by atoms with Gasteiger partial charge in [-0.15, -0.1) is 0 Å². The number of carbonyl (C=O) groups excluding carboxylic acids is 2. The number of ether oxygens (including phenoxy) is 2. The first kappa shape index (κ1) is 39.8. The number of hydrogen-bond acceptors (Lipinski definition) is 11. The van der Waals surface area contributed by atoms with Gasteiger partial charge < -0.3 is 29.7 Å². The molecule has 1 unspecified atom stereocenters. The summed E-state index contributed by atoms with van der Waals surface area (Å²) < 4.78 is 68.3.